The van der Waals surface area contributed by atoms with Gasteiger partial charge in [0.25, 0.3) is 0 Å². The summed E-state index contributed by atoms with van der Waals surface area (Å²) in [6, 6.07) is 3.77. The maximum Gasteiger partial charge on any atom is 0.410 e. The minimum Gasteiger partial charge on any atom is -0.495 e. The van der Waals surface area contributed by atoms with Crippen molar-refractivity contribution in [2.75, 3.05) is 38.7 Å². The fourth-order valence-electron chi connectivity index (χ4n) is 3.58. The van der Waals surface area contributed by atoms with Gasteiger partial charge in [0.05, 0.1) is 19.4 Å². The van der Waals surface area contributed by atoms with Crippen LogP contribution in [0.3, 0.4) is 0 Å². The number of halogens is 1. The monoisotopic (exact) mass is 425 g/mol. The van der Waals surface area contributed by atoms with Crippen molar-refractivity contribution in [1.82, 2.24) is 9.80 Å². The molecule has 0 aromatic heterocycles. The minimum absolute atomic E-state index is 0.00702. The molecule has 0 bridgehead atoms. The summed E-state index contributed by atoms with van der Waals surface area (Å²) >= 11 is 6.00. The summed E-state index contributed by atoms with van der Waals surface area (Å²) in [4.78, 5) is 40.0. The van der Waals surface area contributed by atoms with E-state index in [2.05, 4.69) is 5.32 Å². The van der Waals surface area contributed by atoms with Crippen molar-refractivity contribution in [3.05, 3.63) is 23.2 Å². The molecule has 1 aromatic carbocycles. The third-order valence-corrected chi connectivity index (χ3v) is 5.25. The quantitative estimate of drug-likeness (QED) is 0.728. The molecule has 2 aliphatic rings. The number of piperidine rings is 1. The molecule has 3 amide bonds. The highest BCUT2D eigenvalue weighted by Gasteiger charge is 2.44. The number of urea groups is 1. The van der Waals surface area contributed by atoms with Gasteiger partial charge in [-0.2, -0.15) is 0 Å². The number of cyclic esters (lactones) is 1. The lowest BCUT2D eigenvalue weighted by Crippen LogP contribution is -2.52. The first kappa shape index (κ1) is 21.0. The Labute approximate surface area is 173 Å². The molecule has 2 saturated heterocycles. The molecule has 3 rings (SSSR count). The van der Waals surface area contributed by atoms with E-state index in [0.29, 0.717) is 42.4 Å². The molecule has 0 aliphatic carbocycles. The molecule has 1 aromatic rings. The molecule has 2 aliphatic heterocycles. The fourth-order valence-corrected chi connectivity index (χ4v) is 3.75. The molecule has 2 fully saturated rings. The number of anilines is 1. The Balaban J connectivity index is 1.60. The zero-order chi connectivity index (χ0) is 21.0. The van der Waals surface area contributed by atoms with Crippen molar-refractivity contribution in [2.24, 2.45) is 0 Å². The van der Waals surface area contributed by atoms with Gasteiger partial charge in [0.2, 0.25) is 0 Å². The number of nitrogens with one attached hydrogen (secondary N) is 1. The molecule has 1 N–H and O–H groups in total. The Kier molecular flexibility index (Phi) is 6.68. The van der Waals surface area contributed by atoms with Crippen molar-refractivity contribution in [1.29, 1.82) is 0 Å². The molecule has 1 atom stereocenters. The first-order chi connectivity index (χ1) is 13.9. The molecular weight excluding hydrogens is 402 g/mol. The summed E-state index contributed by atoms with van der Waals surface area (Å²) in [7, 11) is 1.51. The summed E-state index contributed by atoms with van der Waals surface area (Å²) in [6.45, 7) is 2.80. The van der Waals surface area contributed by atoms with E-state index in [0.717, 1.165) is 0 Å². The number of ether oxygens (including phenoxy) is 3. The van der Waals surface area contributed by atoms with Gasteiger partial charge < -0.3 is 24.4 Å². The van der Waals surface area contributed by atoms with Crippen LogP contribution in [0.4, 0.5) is 15.3 Å². The van der Waals surface area contributed by atoms with E-state index in [1.54, 1.807) is 30.0 Å². The third kappa shape index (κ3) is 4.67. The van der Waals surface area contributed by atoms with Crippen LogP contribution in [-0.4, -0.2) is 73.4 Å². The second-order valence-electron chi connectivity index (χ2n) is 6.75. The normalized spacial score (nSPS) is 19.7. The maximum atomic E-state index is 12.6. The standard InChI is InChI=1S/C19H24ClN3O6/c1-3-28-17(24)15-11-29-19(26)23(15)13-6-8-22(9-7-13)18(25)21-14-10-12(20)4-5-16(14)27-2/h4-5,10,13,15H,3,6-9,11H2,1-2H3,(H,21,25)/t15-/m0/s1. The number of hydrogen-bond donors (Lipinski definition) is 1. The Morgan fingerprint density at radius 3 is 2.69 bits per heavy atom. The van der Waals surface area contributed by atoms with Gasteiger partial charge in [0.1, 0.15) is 12.4 Å². The lowest BCUT2D eigenvalue weighted by Gasteiger charge is -2.37. The average molecular weight is 426 g/mol. The second kappa shape index (κ2) is 9.21. The first-order valence-electron chi connectivity index (χ1n) is 9.45. The van der Waals surface area contributed by atoms with Crippen LogP contribution in [-0.2, 0) is 14.3 Å². The number of rotatable bonds is 5. The summed E-state index contributed by atoms with van der Waals surface area (Å²) in [5.41, 5.74) is 0.484. The highest BCUT2D eigenvalue weighted by atomic mass is 35.5. The van der Waals surface area contributed by atoms with Crippen molar-refractivity contribution >= 4 is 35.4 Å². The topological polar surface area (TPSA) is 97.4 Å². The molecule has 9 nitrogen and oxygen atoms in total. The number of nitrogens with zero attached hydrogens (tertiary/aromatic N) is 2. The molecule has 0 unspecified atom stereocenters. The van der Waals surface area contributed by atoms with E-state index in [1.807, 2.05) is 0 Å². The summed E-state index contributed by atoms with van der Waals surface area (Å²) in [5.74, 6) is 0.0429. The van der Waals surface area contributed by atoms with Crippen LogP contribution in [0.5, 0.6) is 5.75 Å². The van der Waals surface area contributed by atoms with Crippen molar-refractivity contribution < 1.29 is 28.6 Å². The largest absolute Gasteiger partial charge is 0.495 e. The number of methoxy groups -OCH3 is 1. The lowest BCUT2D eigenvalue weighted by atomic mass is 10.0. The Morgan fingerprint density at radius 2 is 2.03 bits per heavy atom. The van der Waals surface area contributed by atoms with Gasteiger partial charge >= 0.3 is 18.1 Å². The number of benzene rings is 1. The van der Waals surface area contributed by atoms with Gasteiger partial charge in [-0.15, -0.1) is 0 Å². The molecular formula is C19H24ClN3O6. The lowest BCUT2D eigenvalue weighted by molar-refractivity contribution is -0.148. The molecule has 0 radical (unpaired) electrons. The van der Waals surface area contributed by atoms with Crippen LogP contribution < -0.4 is 10.1 Å². The van der Waals surface area contributed by atoms with Crippen molar-refractivity contribution in [2.45, 2.75) is 31.8 Å². The van der Waals surface area contributed by atoms with Crippen LogP contribution in [0, 0.1) is 0 Å². The highest BCUT2D eigenvalue weighted by Crippen LogP contribution is 2.29. The zero-order valence-electron chi connectivity index (χ0n) is 16.4. The Bertz CT molecular complexity index is 781. The van der Waals surface area contributed by atoms with Gasteiger partial charge in [0, 0.05) is 24.2 Å². The zero-order valence-corrected chi connectivity index (χ0v) is 17.1. The van der Waals surface area contributed by atoms with E-state index in [4.69, 9.17) is 25.8 Å². The molecule has 29 heavy (non-hydrogen) atoms. The number of hydrogen-bond acceptors (Lipinski definition) is 6. The minimum atomic E-state index is -0.733. The van der Waals surface area contributed by atoms with Crippen LogP contribution in [0.15, 0.2) is 18.2 Å². The smallest absolute Gasteiger partial charge is 0.410 e. The number of amides is 3. The fraction of sp³-hybridized carbons (Fsp3) is 0.526. The van der Waals surface area contributed by atoms with E-state index in [-0.39, 0.29) is 25.3 Å². The summed E-state index contributed by atoms with van der Waals surface area (Å²) < 4.78 is 15.3. The van der Waals surface area contributed by atoms with Gasteiger partial charge in [0.15, 0.2) is 6.04 Å². The Hall–Kier alpha value is -2.68. The third-order valence-electron chi connectivity index (χ3n) is 5.02. The summed E-state index contributed by atoms with van der Waals surface area (Å²) in [6.07, 6.45) is 0.547. The van der Waals surface area contributed by atoms with E-state index >= 15 is 0 Å². The van der Waals surface area contributed by atoms with Crippen LogP contribution >= 0.6 is 11.6 Å². The van der Waals surface area contributed by atoms with Gasteiger partial charge in [-0.25, -0.2) is 14.4 Å². The number of esters is 1. The molecule has 10 heteroatoms. The SMILES string of the molecule is CCOC(=O)[C@@H]1COC(=O)N1C1CCN(C(=O)Nc2cc(Cl)ccc2OC)CC1. The van der Waals surface area contributed by atoms with Gasteiger partial charge in [-0.05, 0) is 38.0 Å². The van der Waals surface area contributed by atoms with Crippen LogP contribution in [0.2, 0.25) is 5.02 Å². The molecule has 2 heterocycles. The molecule has 158 valence electrons. The van der Waals surface area contributed by atoms with Crippen LogP contribution in [0.25, 0.3) is 0 Å². The predicted molar refractivity (Wildman–Crippen MR) is 105 cm³/mol. The summed E-state index contributed by atoms with van der Waals surface area (Å²) in [5, 5.41) is 3.29. The van der Waals surface area contributed by atoms with E-state index in [9.17, 15) is 14.4 Å². The van der Waals surface area contributed by atoms with E-state index < -0.39 is 18.1 Å². The first-order valence-corrected chi connectivity index (χ1v) is 9.83. The van der Waals surface area contributed by atoms with Crippen LogP contribution in [0.1, 0.15) is 19.8 Å². The van der Waals surface area contributed by atoms with Gasteiger partial charge in [-0.1, -0.05) is 11.6 Å². The molecule has 0 spiro atoms. The molecule has 0 saturated carbocycles. The average Bonchev–Trinajstić information content (AvgIpc) is 3.10. The predicted octanol–water partition coefficient (Wildman–Crippen LogP) is 2.73. The Morgan fingerprint density at radius 1 is 1.31 bits per heavy atom. The highest BCUT2D eigenvalue weighted by molar-refractivity contribution is 6.31. The maximum absolute atomic E-state index is 12.6. The second-order valence-corrected chi connectivity index (χ2v) is 7.18. The van der Waals surface area contributed by atoms with Crippen molar-refractivity contribution in [3.8, 4) is 5.75 Å². The number of carbonyl (C=O) groups excluding carboxylic acids is 3. The number of likely N-dealkylation sites (tertiary alicyclic amines) is 1. The van der Waals surface area contributed by atoms with Crippen molar-refractivity contribution in [3.63, 3.8) is 0 Å². The van der Waals surface area contributed by atoms with Gasteiger partial charge in [-0.3, -0.25) is 4.90 Å². The number of carbonyl (C=O) groups is 3. The van der Waals surface area contributed by atoms with E-state index in [1.165, 1.54) is 12.0 Å².